The zero-order valence-electron chi connectivity index (χ0n) is 11.4. The molecule has 2 N–H and O–H groups in total. The second-order valence-corrected chi connectivity index (χ2v) is 5.04. The number of halogens is 1. The molecule has 5 nitrogen and oxygen atoms in total. The van der Waals surface area contributed by atoms with Gasteiger partial charge in [0, 0.05) is 18.7 Å². The molecule has 20 heavy (non-hydrogen) atoms. The van der Waals surface area contributed by atoms with Crippen LogP contribution in [0.4, 0.5) is 10.3 Å². The Labute approximate surface area is 116 Å². The maximum atomic E-state index is 13.7. The molecule has 1 unspecified atom stereocenters. The molecule has 1 aromatic heterocycles. The minimum atomic E-state index is -0.432. The second kappa shape index (κ2) is 5.28. The summed E-state index contributed by atoms with van der Waals surface area (Å²) >= 11 is 0. The van der Waals surface area contributed by atoms with E-state index in [4.69, 9.17) is 15.2 Å². The quantitative estimate of drug-likeness (QED) is 0.936. The molecule has 1 aromatic carbocycles. The molecule has 0 bridgehead atoms. The van der Waals surface area contributed by atoms with Crippen LogP contribution in [-0.2, 0) is 11.3 Å². The lowest BCUT2D eigenvalue weighted by atomic mass is 10.1. The van der Waals surface area contributed by atoms with E-state index in [1.54, 1.807) is 6.07 Å². The summed E-state index contributed by atoms with van der Waals surface area (Å²) in [6, 6.07) is 2.99. The van der Waals surface area contributed by atoms with Crippen LogP contribution in [0.5, 0.6) is 5.75 Å². The summed E-state index contributed by atoms with van der Waals surface area (Å²) in [6.45, 7) is 1.42. The highest BCUT2D eigenvalue weighted by Crippen LogP contribution is 2.27. The highest BCUT2D eigenvalue weighted by Gasteiger charge is 2.19. The molecule has 0 aliphatic carbocycles. The van der Waals surface area contributed by atoms with E-state index < -0.39 is 5.82 Å². The van der Waals surface area contributed by atoms with Gasteiger partial charge in [-0.3, -0.25) is 0 Å². The van der Waals surface area contributed by atoms with E-state index in [0.29, 0.717) is 18.0 Å². The van der Waals surface area contributed by atoms with Gasteiger partial charge >= 0.3 is 0 Å². The molecule has 1 aliphatic rings. The Morgan fingerprint density at radius 1 is 1.50 bits per heavy atom. The van der Waals surface area contributed by atoms with Crippen molar-refractivity contribution >= 4 is 17.0 Å². The van der Waals surface area contributed by atoms with E-state index >= 15 is 0 Å². The van der Waals surface area contributed by atoms with Crippen molar-refractivity contribution in [3.8, 4) is 5.75 Å². The molecule has 2 heterocycles. The number of nitrogens with zero attached hydrogens (tertiary/aromatic N) is 2. The highest BCUT2D eigenvalue weighted by atomic mass is 19.1. The van der Waals surface area contributed by atoms with E-state index in [0.717, 1.165) is 31.4 Å². The average molecular weight is 279 g/mol. The van der Waals surface area contributed by atoms with Crippen molar-refractivity contribution in [3.63, 3.8) is 0 Å². The Kier molecular flexibility index (Phi) is 3.48. The zero-order valence-corrected chi connectivity index (χ0v) is 11.4. The first-order valence-electron chi connectivity index (χ1n) is 6.80. The number of nitrogen functional groups attached to an aromatic ring is 1. The lowest BCUT2D eigenvalue weighted by Gasteiger charge is -2.23. The lowest BCUT2D eigenvalue weighted by Crippen LogP contribution is -2.25. The largest absolute Gasteiger partial charge is 0.494 e. The monoisotopic (exact) mass is 279 g/mol. The van der Waals surface area contributed by atoms with Gasteiger partial charge in [0.2, 0.25) is 5.95 Å². The van der Waals surface area contributed by atoms with Crippen LogP contribution in [0.25, 0.3) is 11.0 Å². The van der Waals surface area contributed by atoms with Gasteiger partial charge in [-0.25, -0.2) is 9.37 Å². The Morgan fingerprint density at radius 2 is 2.35 bits per heavy atom. The highest BCUT2D eigenvalue weighted by molar-refractivity contribution is 5.80. The number of hydrogen-bond donors (Lipinski definition) is 1. The van der Waals surface area contributed by atoms with Crippen LogP contribution >= 0.6 is 0 Å². The van der Waals surface area contributed by atoms with E-state index in [2.05, 4.69) is 4.98 Å². The normalized spacial score (nSPS) is 19.4. The number of hydrogen-bond acceptors (Lipinski definition) is 4. The summed E-state index contributed by atoms with van der Waals surface area (Å²) in [6.07, 6.45) is 3.42. The molecule has 108 valence electrons. The van der Waals surface area contributed by atoms with Crippen LogP contribution in [0.2, 0.25) is 0 Å². The number of methoxy groups -OCH3 is 1. The van der Waals surface area contributed by atoms with Crippen molar-refractivity contribution in [1.82, 2.24) is 9.55 Å². The maximum absolute atomic E-state index is 13.7. The van der Waals surface area contributed by atoms with Crippen LogP contribution in [0.3, 0.4) is 0 Å². The molecule has 1 aliphatic heterocycles. The van der Waals surface area contributed by atoms with Crippen LogP contribution in [0.15, 0.2) is 12.1 Å². The fourth-order valence-corrected chi connectivity index (χ4v) is 2.65. The van der Waals surface area contributed by atoms with Gasteiger partial charge in [0.25, 0.3) is 0 Å². The van der Waals surface area contributed by atoms with Crippen LogP contribution in [-0.4, -0.2) is 29.4 Å². The zero-order chi connectivity index (χ0) is 14.1. The molecule has 1 saturated heterocycles. The number of imidazole rings is 1. The Bertz CT molecular complexity index is 620. The summed E-state index contributed by atoms with van der Waals surface area (Å²) in [7, 11) is 1.44. The molecule has 1 atom stereocenters. The molecular formula is C14H18FN3O2. The van der Waals surface area contributed by atoms with Gasteiger partial charge in [-0.1, -0.05) is 0 Å². The first kappa shape index (κ1) is 13.2. The predicted molar refractivity (Wildman–Crippen MR) is 74.2 cm³/mol. The molecule has 0 saturated carbocycles. The molecule has 0 amide bonds. The summed E-state index contributed by atoms with van der Waals surface area (Å²) in [5.41, 5.74) is 7.26. The lowest BCUT2D eigenvalue weighted by molar-refractivity contribution is 0.00694. The molecule has 1 fully saturated rings. The third-order valence-corrected chi connectivity index (χ3v) is 3.71. The van der Waals surface area contributed by atoms with Crippen molar-refractivity contribution in [2.75, 3.05) is 19.5 Å². The number of nitrogens with two attached hydrogens (primary N) is 1. The summed E-state index contributed by atoms with van der Waals surface area (Å²) in [5, 5.41) is 0. The minimum Gasteiger partial charge on any atom is -0.494 e. The molecule has 0 spiro atoms. The first-order valence-corrected chi connectivity index (χ1v) is 6.80. The van der Waals surface area contributed by atoms with Crippen molar-refractivity contribution in [3.05, 3.63) is 17.9 Å². The standard InChI is InChI=1S/C14H18FN3O2/c1-19-13-7-12-11(6-10(13)15)17-14(16)18(12)8-9-4-2-3-5-20-9/h6-7,9H,2-5,8H2,1H3,(H2,16,17). The number of ether oxygens (including phenoxy) is 2. The maximum Gasteiger partial charge on any atom is 0.201 e. The van der Waals surface area contributed by atoms with E-state index in [1.807, 2.05) is 4.57 Å². The smallest absolute Gasteiger partial charge is 0.201 e. The summed E-state index contributed by atoms with van der Waals surface area (Å²) in [4.78, 5) is 4.20. The van der Waals surface area contributed by atoms with Gasteiger partial charge in [0.1, 0.15) is 0 Å². The molecule has 2 aromatic rings. The van der Waals surface area contributed by atoms with E-state index in [-0.39, 0.29) is 11.9 Å². The predicted octanol–water partition coefficient (Wildman–Crippen LogP) is 2.34. The number of fused-ring (bicyclic) bond motifs is 1. The van der Waals surface area contributed by atoms with E-state index in [1.165, 1.54) is 13.2 Å². The van der Waals surface area contributed by atoms with Crippen molar-refractivity contribution in [2.45, 2.75) is 31.9 Å². The third-order valence-electron chi connectivity index (χ3n) is 3.71. The number of aromatic nitrogens is 2. The fraction of sp³-hybridized carbons (Fsp3) is 0.500. The van der Waals surface area contributed by atoms with Gasteiger partial charge < -0.3 is 19.8 Å². The molecular weight excluding hydrogens is 261 g/mol. The van der Waals surface area contributed by atoms with Gasteiger partial charge in [-0.2, -0.15) is 0 Å². The molecule has 6 heteroatoms. The minimum absolute atomic E-state index is 0.138. The summed E-state index contributed by atoms with van der Waals surface area (Å²) < 4.78 is 26.3. The first-order chi connectivity index (χ1) is 9.69. The van der Waals surface area contributed by atoms with Crippen molar-refractivity contribution in [2.24, 2.45) is 0 Å². The van der Waals surface area contributed by atoms with Crippen molar-refractivity contribution in [1.29, 1.82) is 0 Å². The number of benzene rings is 1. The van der Waals surface area contributed by atoms with Gasteiger partial charge in [-0.15, -0.1) is 0 Å². The van der Waals surface area contributed by atoms with Crippen LogP contribution < -0.4 is 10.5 Å². The number of rotatable bonds is 3. The van der Waals surface area contributed by atoms with Crippen LogP contribution in [0.1, 0.15) is 19.3 Å². The Morgan fingerprint density at radius 3 is 3.05 bits per heavy atom. The number of anilines is 1. The van der Waals surface area contributed by atoms with Gasteiger partial charge in [0.15, 0.2) is 11.6 Å². The van der Waals surface area contributed by atoms with Gasteiger partial charge in [0.05, 0.1) is 30.8 Å². The van der Waals surface area contributed by atoms with Gasteiger partial charge in [-0.05, 0) is 19.3 Å². The molecule has 0 radical (unpaired) electrons. The average Bonchev–Trinajstić information content (AvgIpc) is 2.74. The van der Waals surface area contributed by atoms with Crippen LogP contribution in [0, 0.1) is 5.82 Å². The topological polar surface area (TPSA) is 62.3 Å². The third kappa shape index (κ3) is 2.31. The summed E-state index contributed by atoms with van der Waals surface area (Å²) in [5.74, 6) is 0.142. The SMILES string of the molecule is COc1cc2c(cc1F)nc(N)n2CC1CCCCO1. The Hall–Kier alpha value is -1.82. The second-order valence-electron chi connectivity index (χ2n) is 5.04. The van der Waals surface area contributed by atoms with Crippen molar-refractivity contribution < 1.29 is 13.9 Å². The fourth-order valence-electron chi connectivity index (χ4n) is 2.65. The molecule has 3 rings (SSSR count). The Balaban J connectivity index is 1.98. The van der Waals surface area contributed by atoms with E-state index in [9.17, 15) is 4.39 Å².